The first-order chi connectivity index (χ1) is 10.4. The van der Waals surface area contributed by atoms with Gasteiger partial charge in [-0.1, -0.05) is 34.8 Å². The smallest absolute Gasteiger partial charge is 0.256 e. The fourth-order valence-corrected chi connectivity index (χ4v) is 2.70. The molecule has 0 atom stereocenters. The van der Waals surface area contributed by atoms with Gasteiger partial charge < -0.3 is 14.8 Å². The number of nitrogens with one attached hydrogen (secondary N) is 1. The van der Waals surface area contributed by atoms with Crippen molar-refractivity contribution in [2.75, 3.05) is 19.5 Å². The second-order valence-electron chi connectivity index (χ2n) is 4.30. The van der Waals surface area contributed by atoms with Gasteiger partial charge in [0, 0.05) is 16.7 Å². The summed E-state index contributed by atoms with van der Waals surface area (Å²) in [7, 11) is 3.01. The number of amides is 1. The monoisotopic (exact) mass is 359 g/mol. The van der Waals surface area contributed by atoms with Crippen LogP contribution in [0.1, 0.15) is 10.4 Å². The van der Waals surface area contributed by atoms with Crippen molar-refractivity contribution in [3.63, 3.8) is 0 Å². The van der Waals surface area contributed by atoms with E-state index in [1.54, 1.807) is 18.2 Å². The zero-order chi connectivity index (χ0) is 16.3. The molecule has 0 aliphatic rings. The van der Waals surface area contributed by atoms with Crippen LogP contribution in [0, 0.1) is 0 Å². The largest absolute Gasteiger partial charge is 0.497 e. The van der Waals surface area contributed by atoms with Gasteiger partial charge in [0.1, 0.15) is 11.5 Å². The molecule has 0 unspecified atom stereocenters. The normalized spacial score (nSPS) is 10.2. The van der Waals surface area contributed by atoms with Crippen LogP contribution in [0.25, 0.3) is 0 Å². The van der Waals surface area contributed by atoms with E-state index in [4.69, 9.17) is 44.3 Å². The van der Waals surface area contributed by atoms with E-state index in [-0.39, 0.29) is 10.0 Å². The lowest BCUT2D eigenvalue weighted by molar-refractivity contribution is 0.102. The Morgan fingerprint density at radius 2 is 1.41 bits per heavy atom. The molecule has 2 aromatic rings. The number of benzene rings is 2. The van der Waals surface area contributed by atoms with Crippen LogP contribution in [-0.4, -0.2) is 20.1 Å². The molecule has 0 fully saturated rings. The van der Waals surface area contributed by atoms with Crippen LogP contribution >= 0.6 is 34.8 Å². The van der Waals surface area contributed by atoms with Crippen LogP contribution < -0.4 is 14.8 Å². The van der Waals surface area contributed by atoms with E-state index in [2.05, 4.69) is 5.32 Å². The van der Waals surface area contributed by atoms with Crippen LogP contribution in [0.5, 0.6) is 11.5 Å². The minimum atomic E-state index is -0.400. The molecule has 116 valence electrons. The Balaban J connectivity index is 2.34. The Labute approximate surface area is 142 Å². The lowest BCUT2D eigenvalue weighted by Gasteiger charge is -2.11. The summed E-state index contributed by atoms with van der Waals surface area (Å²) in [6.45, 7) is 0. The van der Waals surface area contributed by atoms with Crippen molar-refractivity contribution in [2.45, 2.75) is 0 Å². The van der Waals surface area contributed by atoms with Gasteiger partial charge in [-0.3, -0.25) is 4.79 Å². The Morgan fingerprint density at radius 1 is 0.909 bits per heavy atom. The van der Waals surface area contributed by atoms with E-state index in [0.717, 1.165) is 0 Å². The highest BCUT2D eigenvalue weighted by atomic mass is 35.5. The highest BCUT2D eigenvalue weighted by Gasteiger charge is 2.14. The summed E-state index contributed by atoms with van der Waals surface area (Å²) in [5.74, 6) is 0.596. The molecule has 0 aromatic heterocycles. The van der Waals surface area contributed by atoms with Crippen molar-refractivity contribution in [1.29, 1.82) is 0 Å². The van der Waals surface area contributed by atoms with Crippen LogP contribution in [0.4, 0.5) is 5.69 Å². The minimum absolute atomic E-state index is 0.251. The van der Waals surface area contributed by atoms with Gasteiger partial charge in [0.15, 0.2) is 0 Å². The molecule has 0 bridgehead atoms. The molecule has 7 heteroatoms. The predicted molar refractivity (Wildman–Crippen MR) is 89.0 cm³/mol. The molecule has 0 radical (unpaired) electrons. The zero-order valence-electron chi connectivity index (χ0n) is 11.7. The third-order valence-corrected chi connectivity index (χ3v) is 3.67. The summed E-state index contributed by atoms with van der Waals surface area (Å²) >= 11 is 17.9. The fraction of sp³-hybridized carbons (Fsp3) is 0.133. The summed E-state index contributed by atoms with van der Waals surface area (Å²) in [6.07, 6.45) is 0. The summed E-state index contributed by atoms with van der Waals surface area (Å²) < 4.78 is 10.3. The average Bonchev–Trinajstić information content (AvgIpc) is 2.49. The summed E-state index contributed by atoms with van der Waals surface area (Å²) in [5.41, 5.74) is 0.637. The lowest BCUT2D eigenvalue weighted by atomic mass is 10.1. The first-order valence-electron chi connectivity index (χ1n) is 6.13. The van der Waals surface area contributed by atoms with Gasteiger partial charge in [-0.15, -0.1) is 0 Å². The first-order valence-corrected chi connectivity index (χ1v) is 7.27. The van der Waals surface area contributed by atoms with Crippen molar-refractivity contribution in [2.24, 2.45) is 0 Å². The van der Waals surface area contributed by atoms with Crippen molar-refractivity contribution in [1.82, 2.24) is 0 Å². The fourth-order valence-electron chi connectivity index (χ4n) is 1.79. The summed E-state index contributed by atoms with van der Waals surface area (Å²) in [6, 6.07) is 7.82. The van der Waals surface area contributed by atoms with Crippen molar-refractivity contribution < 1.29 is 14.3 Å². The van der Waals surface area contributed by atoms with E-state index < -0.39 is 5.91 Å². The number of methoxy groups -OCH3 is 2. The number of carbonyl (C=O) groups excluding carboxylic acids is 1. The van der Waals surface area contributed by atoms with Crippen LogP contribution in [-0.2, 0) is 0 Å². The molecule has 0 aliphatic carbocycles. The molecular weight excluding hydrogens is 349 g/mol. The third kappa shape index (κ3) is 3.77. The van der Waals surface area contributed by atoms with E-state index in [1.165, 1.54) is 26.4 Å². The topological polar surface area (TPSA) is 47.6 Å². The molecule has 4 nitrogen and oxygen atoms in total. The van der Waals surface area contributed by atoms with Crippen molar-refractivity contribution in [3.8, 4) is 11.5 Å². The lowest BCUT2D eigenvalue weighted by Crippen LogP contribution is -2.13. The standard InChI is InChI=1S/C15H12Cl3NO3/c1-21-10-3-8(4-11(7-10)22-2)15(20)19-14-12(17)5-9(16)6-13(14)18/h3-7H,1-2H3,(H,19,20). The second kappa shape index (κ2) is 7.09. The number of ether oxygens (including phenoxy) is 2. The number of halogens is 3. The molecule has 0 spiro atoms. The second-order valence-corrected chi connectivity index (χ2v) is 5.55. The van der Waals surface area contributed by atoms with Gasteiger partial charge in [0.2, 0.25) is 0 Å². The minimum Gasteiger partial charge on any atom is -0.497 e. The Bertz CT molecular complexity index is 674. The predicted octanol–water partition coefficient (Wildman–Crippen LogP) is 4.92. The third-order valence-electron chi connectivity index (χ3n) is 2.86. The number of carbonyl (C=O) groups is 1. The summed E-state index contributed by atoms with van der Waals surface area (Å²) in [4.78, 5) is 12.4. The molecule has 0 saturated heterocycles. The number of anilines is 1. The van der Waals surface area contributed by atoms with Gasteiger partial charge >= 0.3 is 0 Å². The number of hydrogen-bond donors (Lipinski definition) is 1. The molecule has 0 heterocycles. The van der Waals surface area contributed by atoms with E-state index in [9.17, 15) is 4.79 Å². The van der Waals surface area contributed by atoms with Crippen molar-refractivity contribution in [3.05, 3.63) is 51.0 Å². The zero-order valence-corrected chi connectivity index (χ0v) is 14.0. The van der Waals surface area contributed by atoms with Crippen LogP contribution in [0.15, 0.2) is 30.3 Å². The molecule has 2 aromatic carbocycles. The first kappa shape index (κ1) is 16.7. The Morgan fingerprint density at radius 3 is 1.86 bits per heavy atom. The molecule has 0 saturated carbocycles. The number of hydrogen-bond acceptors (Lipinski definition) is 3. The van der Waals surface area contributed by atoms with Crippen LogP contribution in [0.3, 0.4) is 0 Å². The van der Waals surface area contributed by atoms with E-state index in [0.29, 0.717) is 27.8 Å². The van der Waals surface area contributed by atoms with Gasteiger partial charge in [0.25, 0.3) is 5.91 Å². The highest BCUT2D eigenvalue weighted by molar-refractivity contribution is 6.42. The van der Waals surface area contributed by atoms with E-state index in [1.807, 2.05) is 0 Å². The number of rotatable bonds is 4. The molecule has 22 heavy (non-hydrogen) atoms. The average molecular weight is 361 g/mol. The van der Waals surface area contributed by atoms with Gasteiger partial charge in [0.05, 0.1) is 30.0 Å². The molecular formula is C15H12Cl3NO3. The maximum absolute atomic E-state index is 12.4. The Kier molecular flexibility index (Phi) is 5.40. The maximum atomic E-state index is 12.4. The molecule has 0 aliphatic heterocycles. The van der Waals surface area contributed by atoms with Gasteiger partial charge in [-0.2, -0.15) is 0 Å². The summed E-state index contributed by atoms with van der Waals surface area (Å²) in [5, 5.41) is 3.54. The van der Waals surface area contributed by atoms with Gasteiger partial charge in [-0.25, -0.2) is 0 Å². The van der Waals surface area contributed by atoms with E-state index >= 15 is 0 Å². The molecule has 2 rings (SSSR count). The van der Waals surface area contributed by atoms with Crippen LogP contribution in [0.2, 0.25) is 15.1 Å². The quantitative estimate of drug-likeness (QED) is 0.842. The molecule has 1 amide bonds. The van der Waals surface area contributed by atoms with Crippen molar-refractivity contribution >= 4 is 46.4 Å². The highest BCUT2D eigenvalue weighted by Crippen LogP contribution is 2.34. The molecule has 1 N–H and O–H groups in total. The SMILES string of the molecule is COc1cc(OC)cc(C(=O)Nc2c(Cl)cc(Cl)cc2Cl)c1. The van der Waals surface area contributed by atoms with Gasteiger partial charge in [-0.05, 0) is 24.3 Å². The Hall–Kier alpha value is -1.62. The maximum Gasteiger partial charge on any atom is 0.256 e.